The Hall–Kier alpha value is -18.4. The molecule has 8 aliphatic heterocycles. The van der Waals surface area contributed by atoms with Crippen LogP contribution in [0.15, 0.2) is 453 Å². The number of hydrogen-bond donors (Lipinski definition) is 0. The summed E-state index contributed by atoms with van der Waals surface area (Å²) in [5, 5.41) is 6.36. The smallest absolute Gasteiger partial charge is 0.260 e. The molecule has 0 unspecified atom stereocenters. The van der Waals surface area contributed by atoms with Gasteiger partial charge in [-0.2, -0.15) is 0 Å². The molecule has 144 heavy (non-hydrogen) atoms. The molecule has 11 heterocycles. The average Bonchev–Trinajstić information content (AvgIpc) is 1.49. The molecule has 21 aromatic carbocycles. The predicted molar refractivity (Wildman–Crippen MR) is 577 cm³/mol. The van der Waals surface area contributed by atoms with Crippen molar-refractivity contribution in [1.29, 1.82) is 0 Å². The Morgan fingerprint density at radius 2 is 0.590 bits per heavy atom. The fraction of sp³-hybridized carbons (Fsp3) is 0.00787. The van der Waals surface area contributed by atoms with Crippen molar-refractivity contribution in [2.75, 3.05) is 4.90 Å². The molecule has 0 atom stereocenters. The highest BCUT2D eigenvalue weighted by molar-refractivity contribution is 7.92. The summed E-state index contributed by atoms with van der Waals surface area (Å²) in [5.41, 5.74) is 33.7. The third-order valence-corrected chi connectivity index (χ3v) is 33.2. The minimum Gasteiger partial charge on any atom is -0.458 e. The second kappa shape index (κ2) is 29.6. The Morgan fingerprint density at radius 1 is 0.229 bits per heavy atom. The molecule has 0 fully saturated rings. The van der Waals surface area contributed by atoms with Crippen LogP contribution in [0, 0.1) is 0 Å². The van der Waals surface area contributed by atoms with E-state index in [0.29, 0.717) is 9.79 Å². The first-order valence-electron chi connectivity index (χ1n) is 48.8. The summed E-state index contributed by atoms with van der Waals surface area (Å²) in [6.45, 7) is 0.0402. The lowest BCUT2D eigenvalue weighted by atomic mass is 9.35. The van der Waals surface area contributed by atoms with Crippen molar-refractivity contribution in [3.63, 3.8) is 0 Å². The molecular formula is C127H73B3N4O9S. The molecule has 670 valence electrons. The van der Waals surface area contributed by atoms with E-state index in [1.807, 2.05) is 115 Å². The van der Waals surface area contributed by atoms with Crippen molar-refractivity contribution >= 4 is 162 Å². The number of aromatic nitrogens is 3. The summed E-state index contributed by atoms with van der Waals surface area (Å²) >= 11 is 0. The molecule has 0 saturated carbocycles. The highest BCUT2D eigenvalue weighted by atomic mass is 32.2. The average molecular weight is 1860 g/mol. The van der Waals surface area contributed by atoms with E-state index in [1.54, 1.807) is 12.1 Å². The number of sulfone groups is 1. The molecule has 0 radical (unpaired) electrons. The van der Waals surface area contributed by atoms with E-state index in [9.17, 15) is 8.42 Å². The quantitative estimate of drug-likeness (QED) is 0.158. The predicted octanol–water partition coefficient (Wildman–Crippen LogP) is 25.3. The van der Waals surface area contributed by atoms with E-state index in [4.69, 9.17) is 33.2 Å². The molecule has 1 spiro atoms. The van der Waals surface area contributed by atoms with E-state index in [2.05, 4.69) is 334 Å². The molecule has 2 aliphatic carbocycles. The van der Waals surface area contributed by atoms with Crippen LogP contribution in [0.2, 0.25) is 0 Å². The standard InChI is InChI=1S/C49H28BNO2.C42H25BN2O3.C36H20BNO4S/c1-5-17-34-30(13-1)31-14-2-6-18-35(31)49(34)36-19-7-3-15-32(36)46-37(49)25-26-41-47(46)33-16-4-10-22-40(33)51(41)29-27-44-48-45(28-29)53-43-24-12-9-21-39(43)50(48)38-20-8-11-23-42(38)52-44;1-2-12-26(13-3-1)44-33-18-8-11-21-37(33)48-42-34(44)23-22-29-28-14-4-7-17-32(28)45(41(29)42)27-24-38-40-39(25-27)47-36-20-10-6-16-31(36)43(40)30-15-5-9-19-35(30)46-38;39-43(40)33-16-8-2-9-22(33)23-17-18-28-34(36(23)43)24-10-1-5-13-27(24)38(28)21-19-31-35-32(20-21)42-30-15-7-4-12-26(30)37(35)25-11-3-6-14-29(25)41-31/h1-28H;1-25H;1-20H. The van der Waals surface area contributed by atoms with E-state index in [-0.39, 0.29) is 20.1 Å². The third-order valence-electron chi connectivity index (χ3n) is 31.3. The number of para-hydroxylation sites is 12. The molecule has 24 aromatic rings. The summed E-state index contributed by atoms with van der Waals surface area (Å²) in [4.78, 5) is 3.02. The zero-order chi connectivity index (χ0) is 94.2. The Labute approximate surface area is 827 Å². The molecule has 10 aliphatic rings. The summed E-state index contributed by atoms with van der Waals surface area (Å²) in [5.74, 6) is 11.5. The van der Waals surface area contributed by atoms with Crippen LogP contribution in [0.3, 0.4) is 0 Å². The molecule has 13 nitrogen and oxygen atoms in total. The van der Waals surface area contributed by atoms with Crippen LogP contribution in [0.4, 0.5) is 17.1 Å². The van der Waals surface area contributed by atoms with E-state index in [0.717, 1.165) is 219 Å². The summed E-state index contributed by atoms with van der Waals surface area (Å²) in [7, 11) is -3.71. The number of ether oxygens (including phenoxy) is 7. The zero-order valence-corrected chi connectivity index (χ0v) is 77.6. The van der Waals surface area contributed by atoms with Gasteiger partial charge < -0.3 is 51.8 Å². The van der Waals surface area contributed by atoms with Crippen LogP contribution < -0.4 is 87.2 Å². The number of hydrogen-bond acceptors (Lipinski definition) is 10. The maximum atomic E-state index is 14.0. The second-order valence-corrected chi connectivity index (χ2v) is 40.3. The van der Waals surface area contributed by atoms with Gasteiger partial charge in [0.1, 0.15) is 69.0 Å². The number of benzene rings is 21. The first kappa shape index (κ1) is 79.5. The third kappa shape index (κ3) is 10.8. The summed E-state index contributed by atoms with van der Waals surface area (Å²) < 4.78 is 81.8. The van der Waals surface area contributed by atoms with Crippen LogP contribution in [-0.2, 0) is 15.3 Å². The fourth-order valence-electron chi connectivity index (χ4n) is 25.7. The molecule has 3 aromatic heterocycles. The van der Waals surface area contributed by atoms with Gasteiger partial charge in [0.2, 0.25) is 9.84 Å². The molecule has 0 saturated heterocycles. The number of nitrogens with zero attached hydrogens (tertiary/aromatic N) is 4. The van der Waals surface area contributed by atoms with Crippen LogP contribution in [0.25, 0.3) is 116 Å². The maximum absolute atomic E-state index is 14.0. The van der Waals surface area contributed by atoms with Gasteiger partial charge >= 0.3 is 0 Å². The van der Waals surface area contributed by atoms with E-state index >= 15 is 0 Å². The maximum Gasteiger partial charge on any atom is 0.260 e. The summed E-state index contributed by atoms with van der Waals surface area (Å²) in [6, 6.07) is 154. The molecule has 0 N–H and O–H groups in total. The normalized spacial score (nSPS) is 14.2. The van der Waals surface area contributed by atoms with Crippen LogP contribution in [0.1, 0.15) is 22.3 Å². The Kier molecular flexibility index (Phi) is 16.3. The topological polar surface area (TPSA) is 117 Å². The van der Waals surface area contributed by atoms with Gasteiger partial charge in [-0.3, -0.25) is 0 Å². The number of rotatable bonds is 4. The van der Waals surface area contributed by atoms with Crippen LogP contribution >= 0.6 is 0 Å². The Balaban J connectivity index is 0.0000000972. The van der Waals surface area contributed by atoms with Crippen molar-refractivity contribution in [1.82, 2.24) is 13.7 Å². The Bertz CT molecular complexity index is 9770. The molecule has 34 rings (SSSR count). The fourth-order valence-corrected chi connectivity index (χ4v) is 27.6. The van der Waals surface area contributed by atoms with Gasteiger partial charge in [-0.25, -0.2) is 8.42 Å². The van der Waals surface area contributed by atoms with Gasteiger partial charge in [-0.15, -0.1) is 0 Å². The van der Waals surface area contributed by atoms with Crippen molar-refractivity contribution in [2.45, 2.75) is 15.2 Å². The van der Waals surface area contributed by atoms with Gasteiger partial charge in [0.05, 0.1) is 76.7 Å². The number of fused-ring (bicyclic) bond motifs is 39. The van der Waals surface area contributed by atoms with E-state index < -0.39 is 15.3 Å². The van der Waals surface area contributed by atoms with E-state index in [1.165, 1.54) is 66.2 Å². The Morgan fingerprint density at radius 3 is 1.08 bits per heavy atom. The monoisotopic (exact) mass is 1860 g/mol. The van der Waals surface area contributed by atoms with Crippen LogP contribution in [0.5, 0.6) is 80.5 Å². The minimum absolute atomic E-state index is 0.0148. The van der Waals surface area contributed by atoms with Gasteiger partial charge in [-0.1, -0.05) is 297 Å². The highest BCUT2D eigenvalue weighted by Gasteiger charge is 2.54. The minimum atomic E-state index is -3.71. The SMILES string of the molecule is O=S1(=O)c2ccccc2-c2ccc3c(c21)c1ccccc1n3-c1cc2c3c(c1)Oc1ccccc1B3c1ccccc1O2.c1ccc(N2c3ccccc3Oc3c2ccc2c4ccccc4n(-c4cc5c6c(c4)Oc4ccccc4B6c4ccccc4O5)c32)cc1.c1ccc2c(c1)Oc1cc(-n3c4ccccc4c4c5c(ccc43)C3(c4ccccc4-c4ccccc43)c3ccccc3-5)cc3c1B2c1ccccc1O3. The van der Waals surface area contributed by atoms with Crippen molar-refractivity contribution in [3.8, 4) is 131 Å². The van der Waals surface area contributed by atoms with Crippen molar-refractivity contribution in [2.24, 2.45) is 0 Å². The molecule has 0 amide bonds. The second-order valence-electron chi connectivity index (χ2n) is 38.4. The summed E-state index contributed by atoms with van der Waals surface area (Å²) in [6.07, 6.45) is 0. The molecule has 17 heteroatoms. The van der Waals surface area contributed by atoms with Crippen molar-refractivity contribution < 1.29 is 41.6 Å². The molecule has 0 bridgehead atoms. The largest absolute Gasteiger partial charge is 0.458 e. The first-order valence-corrected chi connectivity index (χ1v) is 50.3. The lowest BCUT2D eigenvalue weighted by Crippen LogP contribution is -2.57. The van der Waals surface area contributed by atoms with Crippen LogP contribution in [-0.4, -0.2) is 42.3 Å². The lowest BCUT2D eigenvalue weighted by Gasteiger charge is -2.34. The van der Waals surface area contributed by atoms with Gasteiger partial charge in [-0.05, 0) is 186 Å². The van der Waals surface area contributed by atoms with Gasteiger partial charge in [0, 0.05) is 102 Å². The number of anilines is 3. The van der Waals surface area contributed by atoms with Gasteiger partial charge in [0.25, 0.3) is 20.1 Å². The highest BCUT2D eigenvalue weighted by Crippen LogP contribution is 2.65. The van der Waals surface area contributed by atoms with Crippen molar-refractivity contribution in [3.05, 3.63) is 465 Å². The zero-order valence-electron chi connectivity index (χ0n) is 76.7. The molecular weight excluding hydrogens is 1790 g/mol. The first-order chi connectivity index (χ1) is 71.2. The lowest BCUT2D eigenvalue weighted by molar-refractivity contribution is 0.463. The van der Waals surface area contributed by atoms with Gasteiger partial charge in [0.15, 0.2) is 11.5 Å².